The lowest BCUT2D eigenvalue weighted by molar-refractivity contribution is 0.101. The van der Waals surface area contributed by atoms with Crippen LogP contribution >= 0.6 is 11.6 Å². The third kappa shape index (κ3) is 4.11. The minimum absolute atomic E-state index is 0.0291. The Morgan fingerprint density at radius 2 is 2.09 bits per heavy atom. The molecule has 0 aliphatic carbocycles. The van der Waals surface area contributed by atoms with Crippen LogP contribution in [0.1, 0.15) is 34.2 Å². The summed E-state index contributed by atoms with van der Waals surface area (Å²) in [6, 6.07) is 6.87. The first kappa shape index (κ1) is 21.6. The Morgan fingerprint density at radius 1 is 1.28 bits per heavy atom. The largest absolute Gasteiger partial charge is 0.364 e. The van der Waals surface area contributed by atoms with E-state index >= 15 is 4.39 Å². The van der Waals surface area contributed by atoms with Gasteiger partial charge in [0.1, 0.15) is 12.1 Å². The highest BCUT2D eigenvalue weighted by molar-refractivity contribution is 6.30. The molecule has 0 saturated heterocycles. The molecule has 1 amide bonds. The van der Waals surface area contributed by atoms with Crippen LogP contribution < -0.4 is 5.32 Å². The molecule has 1 aromatic carbocycles. The average Bonchev–Trinajstić information content (AvgIpc) is 3.45. The lowest BCUT2D eigenvalue weighted by atomic mass is 9.75. The topological polar surface area (TPSA) is 85.8 Å². The van der Waals surface area contributed by atoms with E-state index in [2.05, 4.69) is 25.1 Å². The van der Waals surface area contributed by atoms with Gasteiger partial charge in [-0.2, -0.15) is 5.10 Å². The number of rotatable bonds is 6. The number of halogens is 3. The number of anilines is 1. The monoisotopic (exact) mass is 457 g/mol. The van der Waals surface area contributed by atoms with Gasteiger partial charge in [-0.3, -0.25) is 14.5 Å². The highest BCUT2D eigenvalue weighted by atomic mass is 35.5. The van der Waals surface area contributed by atoms with Crippen LogP contribution in [-0.4, -0.2) is 25.8 Å². The van der Waals surface area contributed by atoms with Crippen molar-refractivity contribution in [1.29, 1.82) is 0 Å². The number of hydrogen-bond donors (Lipinski definition) is 1. The molecule has 164 valence electrons. The van der Waals surface area contributed by atoms with Crippen LogP contribution in [0.4, 0.5) is 14.5 Å². The maximum atomic E-state index is 15.4. The first-order valence-corrected chi connectivity index (χ1v) is 9.95. The third-order valence-electron chi connectivity index (χ3n) is 5.26. The van der Waals surface area contributed by atoms with E-state index in [0.717, 1.165) is 12.1 Å². The molecule has 32 heavy (non-hydrogen) atoms. The van der Waals surface area contributed by atoms with Gasteiger partial charge in [0, 0.05) is 47.1 Å². The predicted molar refractivity (Wildman–Crippen MR) is 113 cm³/mol. The zero-order chi connectivity index (χ0) is 22.9. The van der Waals surface area contributed by atoms with Crippen LogP contribution in [0.15, 0.2) is 59.7 Å². The van der Waals surface area contributed by atoms with Gasteiger partial charge in [-0.25, -0.2) is 8.78 Å². The van der Waals surface area contributed by atoms with Crippen molar-refractivity contribution in [3.8, 4) is 0 Å². The van der Waals surface area contributed by atoms with Crippen molar-refractivity contribution in [2.45, 2.75) is 18.8 Å². The van der Waals surface area contributed by atoms with Crippen molar-refractivity contribution < 1.29 is 18.1 Å². The summed E-state index contributed by atoms with van der Waals surface area (Å²) in [7, 11) is 1.75. The minimum Gasteiger partial charge on any atom is -0.364 e. The van der Waals surface area contributed by atoms with E-state index in [1.165, 1.54) is 18.5 Å². The van der Waals surface area contributed by atoms with Gasteiger partial charge in [0.2, 0.25) is 0 Å². The molecule has 4 aromatic rings. The highest BCUT2D eigenvalue weighted by Gasteiger charge is 2.35. The van der Waals surface area contributed by atoms with Crippen LogP contribution in [0, 0.1) is 11.6 Å². The standard InChI is InChI=1S/C22H18ClF2N5O2/c1-22(13-11-27-30(2)12-13,19-9-14(23)5-7-26-19)10-15-16(24)3-4-17(20(15)25)28-21(31)18-6-8-32-29-18/h3-9,11-12H,10H2,1-2H3,(H,28,31). The van der Waals surface area contributed by atoms with E-state index in [4.69, 9.17) is 11.6 Å². The lowest BCUT2D eigenvalue weighted by Gasteiger charge is -2.29. The Kier molecular flexibility index (Phi) is 5.75. The van der Waals surface area contributed by atoms with Gasteiger partial charge >= 0.3 is 0 Å². The molecule has 3 aromatic heterocycles. The molecule has 0 radical (unpaired) electrons. The number of carbonyl (C=O) groups is 1. The summed E-state index contributed by atoms with van der Waals surface area (Å²) in [6.07, 6.45) is 6.03. The normalized spacial score (nSPS) is 13.0. The van der Waals surface area contributed by atoms with Crippen molar-refractivity contribution >= 4 is 23.2 Å². The number of carbonyl (C=O) groups excluding carboxylic acids is 1. The molecule has 1 atom stereocenters. The van der Waals surface area contributed by atoms with Crippen molar-refractivity contribution in [2.24, 2.45) is 7.05 Å². The quantitative estimate of drug-likeness (QED) is 0.459. The zero-order valence-corrected chi connectivity index (χ0v) is 17.9. The van der Waals surface area contributed by atoms with Crippen molar-refractivity contribution in [3.63, 3.8) is 0 Å². The van der Waals surface area contributed by atoms with Crippen LogP contribution in [0.2, 0.25) is 5.02 Å². The molecule has 1 N–H and O–H groups in total. The molecule has 0 aliphatic heterocycles. The summed E-state index contributed by atoms with van der Waals surface area (Å²) < 4.78 is 36.5. The maximum absolute atomic E-state index is 15.4. The Hall–Kier alpha value is -3.59. The fraction of sp³-hybridized carbons (Fsp3) is 0.182. The van der Waals surface area contributed by atoms with Crippen LogP contribution in [-0.2, 0) is 18.9 Å². The molecule has 0 spiro atoms. The summed E-state index contributed by atoms with van der Waals surface area (Å²) in [4.78, 5) is 16.7. The molecule has 0 bridgehead atoms. The van der Waals surface area contributed by atoms with Gasteiger partial charge in [-0.05, 0) is 37.6 Å². The highest BCUT2D eigenvalue weighted by Crippen LogP contribution is 2.37. The molecule has 10 heteroatoms. The molecule has 4 rings (SSSR count). The molecule has 0 fully saturated rings. The summed E-state index contributed by atoms with van der Waals surface area (Å²) in [5.41, 5.74) is -0.161. The Labute approximate surface area is 187 Å². The van der Waals surface area contributed by atoms with Crippen molar-refractivity contribution in [1.82, 2.24) is 19.9 Å². The number of hydrogen-bond acceptors (Lipinski definition) is 5. The van der Waals surface area contributed by atoms with E-state index in [1.54, 1.807) is 36.3 Å². The van der Waals surface area contributed by atoms with E-state index in [9.17, 15) is 9.18 Å². The summed E-state index contributed by atoms with van der Waals surface area (Å²) >= 11 is 6.17. The average molecular weight is 458 g/mol. The number of aryl methyl sites for hydroxylation is 1. The van der Waals surface area contributed by atoms with Crippen LogP contribution in [0.25, 0.3) is 0 Å². The summed E-state index contributed by atoms with van der Waals surface area (Å²) in [5, 5.41) is 10.6. The van der Waals surface area contributed by atoms with Gasteiger partial charge in [0.05, 0.1) is 17.6 Å². The second kappa shape index (κ2) is 8.51. The Balaban J connectivity index is 1.76. The minimum atomic E-state index is -0.963. The molecule has 0 saturated carbocycles. The van der Waals surface area contributed by atoms with Gasteiger partial charge in [0.25, 0.3) is 5.91 Å². The third-order valence-corrected chi connectivity index (χ3v) is 5.50. The predicted octanol–water partition coefficient (Wildman–Crippen LogP) is 4.54. The molecule has 3 heterocycles. The van der Waals surface area contributed by atoms with Crippen LogP contribution in [0.5, 0.6) is 0 Å². The lowest BCUT2D eigenvalue weighted by Crippen LogP contribution is -2.29. The summed E-state index contributed by atoms with van der Waals surface area (Å²) in [5.74, 6) is -2.32. The summed E-state index contributed by atoms with van der Waals surface area (Å²) in [6.45, 7) is 1.81. The SMILES string of the molecule is Cn1cc(C(C)(Cc2c(F)ccc(NC(=O)c3ccon3)c2F)c2cc(Cl)ccn2)cn1. The van der Waals surface area contributed by atoms with E-state index in [1.807, 2.05) is 6.92 Å². The number of benzene rings is 1. The molecule has 7 nitrogen and oxygen atoms in total. The number of nitrogens with one attached hydrogen (secondary N) is 1. The van der Waals surface area contributed by atoms with E-state index in [-0.39, 0.29) is 23.4 Å². The molecular weight excluding hydrogens is 440 g/mol. The fourth-order valence-electron chi connectivity index (χ4n) is 3.48. The Bertz CT molecular complexity index is 1280. The molecule has 0 aliphatic rings. The number of nitrogens with zero attached hydrogens (tertiary/aromatic N) is 4. The molecular formula is C22H18ClF2N5O2. The first-order chi connectivity index (χ1) is 15.3. The van der Waals surface area contributed by atoms with Gasteiger partial charge < -0.3 is 9.84 Å². The number of pyridine rings is 1. The maximum Gasteiger partial charge on any atom is 0.277 e. The van der Waals surface area contributed by atoms with Gasteiger partial charge in [-0.1, -0.05) is 16.8 Å². The zero-order valence-electron chi connectivity index (χ0n) is 17.1. The fourth-order valence-corrected chi connectivity index (χ4v) is 3.64. The Morgan fingerprint density at radius 3 is 2.75 bits per heavy atom. The number of aromatic nitrogens is 4. The van der Waals surface area contributed by atoms with E-state index < -0.39 is 23.0 Å². The van der Waals surface area contributed by atoms with Crippen LogP contribution in [0.3, 0.4) is 0 Å². The smallest absolute Gasteiger partial charge is 0.277 e. The van der Waals surface area contributed by atoms with Gasteiger partial charge in [-0.15, -0.1) is 0 Å². The van der Waals surface area contributed by atoms with Crippen molar-refractivity contribution in [3.05, 3.63) is 94.4 Å². The number of amides is 1. The first-order valence-electron chi connectivity index (χ1n) is 9.57. The molecule has 1 unspecified atom stereocenters. The second-order valence-corrected chi connectivity index (χ2v) is 7.93. The second-order valence-electron chi connectivity index (χ2n) is 7.50. The van der Waals surface area contributed by atoms with Gasteiger partial charge in [0.15, 0.2) is 11.5 Å². The van der Waals surface area contributed by atoms with Crippen molar-refractivity contribution in [2.75, 3.05) is 5.32 Å². The van der Waals surface area contributed by atoms with E-state index in [0.29, 0.717) is 16.3 Å².